The highest BCUT2D eigenvalue weighted by atomic mass is 35.5. The van der Waals surface area contributed by atoms with E-state index in [0.29, 0.717) is 44.2 Å². The first kappa shape index (κ1) is 21.4. The number of hydrogen-bond donors (Lipinski definition) is 1. The summed E-state index contributed by atoms with van der Waals surface area (Å²) in [6, 6.07) is 19.4. The van der Waals surface area contributed by atoms with Crippen LogP contribution in [0.4, 0.5) is 0 Å². The maximum atomic E-state index is 12.7. The van der Waals surface area contributed by atoms with Crippen LogP contribution in [0, 0.1) is 0 Å². The Balaban J connectivity index is 1.26. The van der Waals surface area contributed by atoms with E-state index in [1.165, 1.54) is 5.56 Å². The van der Waals surface area contributed by atoms with Gasteiger partial charge in [0.05, 0.1) is 25.5 Å². The number of ether oxygens (including phenoxy) is 2. The fraction of sp³-hybridized carbons (Fsp3) is 0.333. The van der Waals surface area contributed by atoms with Crippen molar-refractivity contribution in [3.63, 3.8) is 0 Å². The number of benzene rings is 2. The normalized spacial score (nSPS) is 16.3. The Kier molecular flexibility index (Phi) is 7.22. The molecule has 1 fully saturated rings. The van der Waals surface area contributed by atoms with Crippen molar-refractivity contribution in [3.05, 3.63) is 82.6 Å². The number of carbonyl (C=O) groups excluding carboxylic acids is 1. The van der Waals surface area contributed by atoms with Crippen molar-refractivity contribution in [2.75, 3.05) is 26.3 Å². The number of carbonyl (C=O) groups is 1. The Hall–Kier alpha value is -2.83. The summed E-state index contributed by atoms with van der Waals surface area (Å²) in [4.78, 5) is 14.6. The van der Waals surface area contributed by atoms with Crippen LogP contribution in [-0.4, -0.2) is 47.3 Å². The van der Waals surface area contributed by atoms with Gasteiger partial charge in [-0.25, -0.2) is 0 Å². The van der Waals surface area contributed by atoms with E-state index in [1.807, 2.05) is 47.4 Å². The number of nitrogens with one attached hydrogen (secondary N) is 1. The van der Waals surface area contributed by atoms with Gasteiger partial charge in [-0.05, 0) is 36.2 Å². The second-order valence-corrected chi connectivity index (χ2v) is 8.00. The van der Waals surface area contributed by atoms with Gasteiger partial charge in [0, 0.05) is 30.1 Å². The van der Waals surface area contributed by atoms with Gasteiger partial charge in [-0.3, -0.25) is 9.89 Å². The van der Waals surface area contributed by atoms with Crippen LogP contribution in [0.1, 0.15) is 29.5 Å². The zero-order valence-electron chi connectivity index (χ0n) is 17.3. The monoisotopic (exact) mass is 439 g/mol. The lowest BCUT2D eigenvalue weighted by Crippen LogP contribution is -2.42. The number of H-pyrrole nitrogens is 1. The van der Waals surface area contributed by atoms with E-state index in [1.54, 1.807) is 6.07 Å². The SMILES string of the molecule is O=C(CCc1ccccc1)N1CCO[C@@H](c2cc(CCOc3cccc(Cl)c3)[nH]n2)C1. The van der Waals surface area contributed by atoms with Crippen LogP contribution in [0.5, 0.6) is 5.75 Å². The minimum Gasteiger partial charge on any atom is -0.493 e. The predicted octanol–water partition coefficient (Wildman–Crippen LogP) is 4.22. The maximum absolute atomic E-state index is 12.7. The van der Waals surface area contributed by atoms with Gasteiger partial charge >= 0.3 is 0 Å². The van der Waals surface area contributed by atoms with Crippen LogP contribution in [0.15, 0.2) is 60.7 Å². The summed E-state index contributed by atoms with van der Waals surface area (Å²) in [5, 5.41) is 8.11. The summed E-state index contributed by atoms with van der Waals surface area (Å²) in [5.74, 6) is 0.898. The molecule has 1 aromatic heterocycles. The molecule has 0 bridgehead atoms. The van der Waals surface area contributed by atoms with Crippen molar-refractivity contribution in [2.45, 2.75) is 25.4 Å². The number of morpholine rings is 1. The molecule has 3 aromatic rings. The molecule has 6 nitrogen and oxygen atoms in total. The quantitative estimate of drug-likeness (QED) is 0.570. The molecular formula is C24H26ClN3O3. The summed E-state index contributed by atoms with van der Waals surface area (Å²) in [6.07, 6.45) is 1.73. The molecule has 0 aliphatic carbocycles. The van der Waals surface area contributed by atoms with Gasteiger partial charge in [0.15, 0.2) is 0 Å². The first-order chi connectivity index (χ1) is 15.2. The molecule has 4 rings (SSSR count). The average molecular weight is 440 g/mol. The Bertz CT molecular complexity index is 992. The third-order valence-electron chi connectivity index (χ3n) is 5.31. The van der Waals surface area contributed by atoms with E-state index >= 15 is 0 Å². The van der Waals surface area contributed by atoms with Gasteiger partial charge in [-0.15, -0.1) is 0 Å². The lowest BCUT2D eigenvalue weighted by molar-refractivity contribution is -0.139. The Labute approximate surface area is 187 Å². The van der Waals surface area contributed by atoms with Crippen molar-refractivity contribution in [3.8, 4) is 5.75 Å². The Morgan fingerprint density at radius 3 is 2.87 bits per heavy atom. The Morgan fingerprint density at radius 2 is 2.03 bits per heavy atom. The second-order valence-electron chi connectivity index (χ2n) is 7.56. The second kappa shape index (κ2) is 10.5. The zero-order chi connectivity index (χ0) is 21.5. The highest BCUT2D eigenvalue weighted by Gasteiger charge is 2.26. The van der Waals surface area contributed by atoms with Crippen molar-refractivity contribution in [2.24, 2.45) is 0 Å². The van der Waals surface area contributed by atoms with Crippen LogP contribution in [-0.2, 0) is 22.4 Å². The molecule has 0 saturated carbocycles. The van der Waals surface area contributed by atoms with Crippen LogP contribution >= 0.6 is 11.6 Å². The summed E-state index contributed by atoms with van der Waals surface area (Å²) in [5.41, 5.74) is 2.96. The molecule has 31 heavy (non-hydrogen) atoms. The lowest BCUT2D eigenvalue weighted by Gasteiger charge is -2.32. The highest BCUT2D eigenvalue weighted by molar-refractivity contribution is 6.30. The molecule has 0 spiro atoms. The largest absolute Gasteiger partial charge is 0.493 e. The third-order valence-corrected chi connectivity index (χ3v) is 5.54. The summed E-state index contributed by atoms with van der Waals surface area (Å²) >= 11 is 5.98. The van der Waals surface area contributed by atoms with Crippen LogP contribution in [0.3, 0.4) is 0 Å². The van der Waals surface area contributed by atoms with E-state index in [9.17, 15) is 4.79 Å². The molecule has 162 valence electrons. The number of rotatable bonds is 8. The minimum absolute atomic E-state index is 0.155. The number of aromatic amines is 1. The number of halogens is 1. The molecule has 2 aromatic carbocycles. The molecule has 1 aliphatic rings. The van der Waals surface area contributed by atoms with Crippen molar-refractivity contribution < 1.29 is 14.3 Å². The van der Waals surface area contributed by atoms with Crippen LogP contribution in [0.25, 0.3) is 0 Å². The van der Waals surface area contributed by atoms with Crippen molar-refractivity contribution in [1.82, 2.24) is 15.1 Å². The molecule has 7 heteroatoms. The van der Waals surface area contributed by atoms with Gasteiger partial charge in [-0.1, -0.05) is 48.0 Å². The molecule has 2 heterocycles. The third kappa shape index (κ3) is 6.09. The molecule has 0 radical (unpaired) electrons. The summed E-state index contributed by atoms with van der Waals surface area (Å²) in [6.45, 7) is 2.17. The Morgan fingerprint density at radius 1 is 1.16 bits per heavy atom. The van der Waals surface area contributed by atoms with Gasteiger partial charge in [0.25, 0.3) is 0 Å². The predicted molar refractivity (Wildman–Crippen MR) is 119 cm³/mol. The summed E-state index contributed by atoms with van der Waals surface area (Å²) in [7, 11) is 0. The van der Waals surface area contributed by atoms with Gasteiger partial charge in [0.2, 0.25) is 5.91 Å². The molecule has 1 amide bonds. The number of aryl methyl sites for hydroxylation is 1. The van der Waals surface area contributed by atoms with Crippen LogP contribution < -0.4 is 4.74 Å². The molecule has 1 N–H and O–H groups in total. The first-order valence-electron chi connectivity index (χ1n) is 10.5. The highest BCUT2D eigenvalue weighted by Crippen LogP contribution is 2.22. The topological polar surface area (TPSA) is 67.5 Å². The van der Waals surface area contributed by atoms with E-state index in [4.69, 9.17) is 21.1 Å². The lowest BCUT2D eigenvalue weighted by atomic mass is 10.1. The number of nitrogens with zero attached hydrogens (tertiary/aromatic N) is 2. The van der Waals surface area contributed by atoms with Crippen molar-refractivity contribution >= 4 is 17.5 Å². The average Bonchev–Trinajstić information content (AvgIpc) is 3.27. The number of aromatic nitrogens is 2. The minimum atomic E-state index is -0.215. The zero-order valence-corrected chi connectivity index (χ0v) is 18.1. The van der Waals surface area contributed by atoms with Gasteiger partial charge in [-0.2, -0.15) is 5.10 Å². The van der Waals surface area contributed by atoms with E-state index in [-0.39, 0.29) is 12.0 Å². The standard InChI is InChI=1S/C24H26ClN3O3/c25-19-7-4-8-21(15-19)30-13-11-20-16-22(27-26-20)23-17-28(12-14-31-23)24(29)10-9-18-5-2-1-3-6-18/h1-8,15-16,23H,9-14,17H2,(H,26,27)/t23-/m1/s1. The first-order valence-corrected chi connectivity index (χ1v) is 10.9. The fourth-order valence-electron chi connectivity index (χ4n) is 3.62. The maximum Gasteiger partial charge on any atom is 0.223 e. The fourth-order valence-corrected chi connectivity index (χ4v) is 3.80. The van der Waals surface area contributed by atoms with E-state index in [0.717, 1.165) is 23.6 Å². The van der Waals surface area contributed by atoms with Gasteiger partial charge in [0.1, 0.15) is 11.9 Å². The van der Waals surface area contributed by atoms with Gasteiger partial charge < -0.3 is 14.4 Å². The van der Waals surface area contributed by atoms with Crippen molar-refractivity contribution in [1.29, 1.82) is 0 Å². The van der Waals surface area contributed by atoms with E-state index < -0.39 is 0 Å². The van der Waals surface area contributed by atoms with E-state index in [2.05, 4.69) is 22.3 Å². The molecule has 1 aliphatic heterocycles. The smallest absolute Gasteiger partial charge is 0.223 e. The molecule has 1 saturated heterocycles. The summed E-state index contributed by atoms with van der Waals surface area (Å²) < 4.78 is 11.6. The number of amides is 1. The van der Waals surface area contributed by atoms with Crippen LogP contribution in [0.2, 0.25) is 5.02 Å². The molecule has 0 unspecified atom stereocenters. The number of hydrogen-bond acceptors (Lipinski definition) is 4. The molecular weight excluding hydrogens is 414 g/mol. The molecule has 1 atom stereocenters.